The number of sulfone groups is 1. The molecule has 3 aromatic carbocycles. The van der Waals surface area contributed by atoms with E-state index in [0.717, 1.165) is 39.9 Å². The van der Waals surface area contributed by atoms with Crippen molar-refractivity contribution in [2.24, 2.45) is 0 Å². The number of nitrogens with one attached hydrogen (secondary N) is 1. The Balaban J connectivity index is 1.39. The van der Waals surface area contributed by atoms with E-state index in [-0.39, 0.29) is 6.03 Å². The zero-order valence-electron chi connectivity index (χ0n) is 21.2. The third-order valence-corrected chi connectivity index (χ3v) is 9.20. The number of hydrogen-bond acceptors (Lipinski definition) is 4. The van der Waals surface area contributed by atoms with Crippen molar-refractivity contribution < 1.29 is 17.9 Å². The van der Waals surface area contributed by atoms with Gasteiger partial charge in [-0.3, -0.25) is 0 Å². The van der Waals surface area contributed by atoms with E-state index in [0.29, 0.717) is 37.4 Å². The minimum absolute atomic E-state index is 0.171. The van der Waals surface area contributed by atoms with Gasteiger partial charge in [0, 0.05) is 25.9 Å². The molecule has 1 fully saturated rings. The summed E-state index contributed by atoms with van der Waals surface area (Å²) in [5, 5.41) is 2.55. The fourth-order valence-corrected chi connectivity index (χ4v) is 6.48. The van der Waals surface area contributed by atoms with Gasteiger partial charge in [-0.15, -0.1) is 0 Å². The molecule has 0 aliphatic carbocycles. The van der Waals surface area contributed by atoms with Crippen LogP contribution in [0.2, 0.25) is 0 Å². The zero-order chi connectivity index (χ0) is 25.7. The summed E-state index contributed by atoms with van der Waals surface area (Å²) in [5.41, 5.74) is 6.05. The third kappa shape index (κ3) is 5.63. The van der Waals surface area contributed by atoms with Crippen molar-refractivity contribution >= 4 is 21.6 Å². The maximum atomic E-state index is 13.3. The Kier molecular flexibility index (Phi) is 8.11. The van der Waals surface area contributed by atoms with E-state index in [1.165, 1.54) is 0 Å². The fraction of sp³-hybridized carbons (Fsp3) is 0.345. The molecule has 36 heavy (non-hydrogen) atoms. The summed E-state index contributed by atoms with van der Waals surface area (Å²) in [6.45, 7) is 5.43. The molecular weight excluding hydrogens is 472 g/mol. The maximum absolute atomic E-state index is 13.3. The van der Waals surface area contributed by atoms with Crippen LogP contribution in [-0.4, -0.2) is 44.8 Å². The Morgan fingerprint density at radius 3 is 2.17 bits per heavy atom. The number of para-hydroxylation sites is 1. The van der Waals surface area contributed by atoms with Crippen LogP contribution in [0.25, 0.3) is 11.1 Å². The van der Waals surface area contributed by atoms with Gasteiger partial charge >= 0.3 is 6.03 Å². The summed E-state index contributed by atoms with van der Waals surface area (Å²) < 4.78 is 31.8. The molecular formula is C29H34N2O4S. The highest BCUT2D eigenvalue weighted by Gasteiger charge is 2.33. The number of benzene rings is 3. The predicted octanol–water partition coefficient (Wildman–Crippen LogP) is 5.84. The van der Waals surface area contributed by atoms with Gasteiger partial charge in [-0.05, 0) is 66.1 Å². The van der Waals surface area contributed by atoms with Crippen LogP contribution in [0.5, 0.6) is 0 Å². The number of ether oxygens (including phenoxy) is 1. The lowest BCUT2D eigenvalue weighted by atomic mass is 10.0. The smallest absolute Gasteiger partial charge is 0.321 e. The fourth-order valence-electron chi connectivity index (χ4n) is 4.75. The lowest BCUT2D eigenvalue weighted by molar-refractivity contribution is 0.185. The number of likely N-dealkylation sites (tertiary alicyclic amines) is 1. The average molecular weight is 507 g/mol. The van der Waals surface area contributed by atoms with Crippen LogP contribution in [0.4, 0.5) is 10.5 Å². The summed E-state index contributed by atoms with van der Waals surface area (Å²) in [6, 6.07) is 21.0. The summed E-state index contributed by atoms with van der Waals surface area (Å²) in [4.78, 5) is 14.9. The monoisotopic (exact) mass is 506 g/mol. The summed E-state index contributed by atoms with van der Waals surface area (Å²) >= 11 is 0. The number of carbonyl (C=O) groups excluding carboxylic acids is 1. The molecule has 7 heteroatoms. The highest BCUT2D eigenvalue weighted by atomic mass is 32.2. The largest absolute Gasteiger partial charge is 0.380 e. The van der Waals surface area contributed by atoms with Crippen LogP contribution in [0.3, 0.4) is 0 Å². The van der Waals surface area contributed by atoms with Crippen molar-refractivity contribution in [3.8, 4) is 11.1 Å². The first-order valence-electron chi connectivity index (χ1n) is 12.4. The first kappa shape index (κ1) is 25.9. The van der Waals surface area contributed by atoms with Gasteiger partial charge in [0.1, 0.15) is 0 Å². The Labute approximate surface area is 214 Å². The van der Waals surface area contributed by atoms with Gasteiger partial charge in [-0.25, -0.2) is 13.2 Å². The van der Waals surface area contributed by atoms with Crippen molar-refractivity contribution in [3.05, 3.63) is 83.4 Å². The molecule has 0 unspecified atom stereocenters. The third-order valence-electron chi connectivity index (χ3n) is 6.92. The van der Waals surface area contributed by atoms with Crippen molar-refractivity contribution in [3.63, 3.8) is 0 Å². The molecule has 1 aliphatic heterocycles. The summed E-state index contributed by atoms with van der Waals surface area (Å²) in [6.07, 6.45) is 1.68. The zero-order valence-corrected chi connectivity index (χ0v) is 22.0. The van der Waals surface area contributed by atoms with Gasteiger partial charge in [0.05, 0.1) is 16.8 Å². The maximum Gasteiger partial charge on any atom is 0.321 e. The molecule has 1 N–H and O–H groups in total. The number of carbonyl (C=O) groups is 1. The second kappa shape index (κ2) is 11.3. The molecule has 1 saturated heterocycles. The Bertz CT molecular complexity index is 1290. The number of anilines is 1. The molecule has 6 nitrogen and oxygen atoms in total. The van der Waals surface area contributed by atoms with Gasteiger partial charge in [0.25, 0.3) is 0 Å². The molecule has 0 aromatic heterocycles. The molecule has 2 amide bonds. The Hall–Kier alpha value is -3.16. The number of piperidine rings is 1. The molecule has 3 aromatic rings. The summed E-state index contributed by atoms with van der Waals surface area (Å²) in [5.74, 6) is 0. The van der Waals surface area contributed by atoms with Crippen LogP contribution in [0, 0.1) is 6.92 Å². The van der Waals surface area contributed by atoms with Gasteiger partial charge in [-0.2, -0.15) is 0 Å². The number of aryl methyl sites for hydroxylation is 2. The lowest BCUT2D eigenvalue weighted by Gasteiger charge is -2.32. The topological polar surface area (TPSA) is 75.7 Å². The molecule has 1 aliphatic rings. The number of amides is 2. The van der Waals surface area contributed by atoms with Crippen LogP contribution in [0.15, 0.2) is 71.6 Å². The molecule has 0 atom stereocenters. The summed E-state index contributed by atoms with van der Waals surface area (Å²) in [7, 11) is -1.81. The highest BCUT2D eigenvalue weighted by Crippen LogP contribution is 2.28. The number of hydrogen-bond donors (Lipinski definition) is 1. The normalized spacial score (nSPS) is 14.6. The minimum atomic E-state index is -3.48. The Morgan fingerprint density at radius 1 is 0.972 bits per heavy atom. The molecule has 190 valence electrons. The minimum Gasteiger partial charge on any atom is -0.380 e. The van der Waals surface area contributed by atoms with Crippen molar-refractivity contribution in [1.82, 2.24) is 4.90 Å². The predicted molar refractivity (Wildman–Crippen MR) is 144 cm³/mol. The quantitative estimate of drug-likeness (QED) is 0.437. The van der Waals surface area contributed by atoms with Gasteiger partial charge in [0.2, 0.25) is 0 Å². The first-order valence-corrected chi connectivity index (χ1v) is 13.9. The number of rotatable bonds is 7. The number of nitrogens with zero attached hydrogens (tertiary/aromatic N) is 1. The van der Waals surface area contributed by atoms with Gasteiger partial charge < -0.3 is 15.0 Å². The second-order valence-corrected chi connectivity index (χ2v) is 11.5. The molecule has 1 heterocycles. The Morgan fingerprint density at radius 2 is 1.58 bits per heavy atom. The van der Waals surface area contributed by atoms with E-state index in [9.17, 15) is 13.2 Å². The van der Waals surface area contributed by atoms with Gasteiger partial charge in [-0.1, -0.05) is 61.5 Å². The second-order valence-electron chi connectivity index (χ2n) is 9.28. The van der Waals surface area contributed by atoms with E-state index >= 15 is 0 Å². The van der Waals surface area contributed by atoms with Crippen molar-refractivity contribution in [1.29, 1.82) is 0 Å². The standard InChI is InChI=1S/C29H34N2O4S/c1-4-23-7-5-6-21(2)28(23)30-29(32)31-18-16-27(17-19-31)36(33,34)26-14-12-25(13-15-26)24-10-8-22(9-11-24)20-35-3/h5-15,27H,4,16-20H2,1-3H3,(H,30,32). The van der Waals surface area contributed by atoms with Crippen LogP contribution in [-0.2, 0) is 27.6 Å². The average Bonchev–Trinajstić information content (AvgIpc) is 2.90. The van der Waals surface area contributed by atoms with Crippen LogP contribution < -0.4 is 5.32 Å². The number of methoxy groups -OCH3 is 1. The van der Waals surface area contributed by atoms with E-state index in [1.807, 2.05) is 61.5 Å². The van der Waals surface area contributed by atoms with Crippen molar-refractivity contribution in [2.45, 2.75) is 49.9 Å². The molecule has 0 radical (unpaired) electrons. The highest BCUT2D eigenvalue weighted by molar-refractivity contribution is 7.92. The molecule has 0 saturated carbocycles. The van der Waals surface area contributed by atoms with Gasteiger partial charge in [0.15, 0.2) is 9.84 Å². The van der Waals surface area contributed by atoms with Crippen LogP contribution >= 0.6 is 0 Å². The first-order chi connectivity index (χ1) is 17.3. The molecule has 0 spiro atoms. The van der Waals surface area contributed by atoms with Crippen LogP contribution in [0.1, 0.15) is 36.5 Å². The number of urea groups is 1. The van der Waals surface area contributed by atoms with Crippen molar-refractivity contribution in [2.75, 3.05) is 25.5 Å². The van der Waals surface area contributed by atoms with E-state index in [2.05, 4.69) is 12.2 Å². The SMILES string of the molecule is CCc1cccc(C)c1NC(=O)N1CCC(S(=O)(=O)c2ccc(-c3ccc(COC)cc3)cc2)CC1. The van der Waals surface area contributed by atoms with E-state index in [1.54, 1.807) is 24.1 Å². The van der Waals surface area contributed by atoms with E-state index < -0.39 is 15.1 Å². The molecule has 0 bridgehead atoms. The lowest BCUT2D eigenvalue weighted by Crippen LogP contribution is -2.44. The molecule has 4 rings (SSSR count). The van der Waals surface area contributed by atoms with E-state index in [4.69, 9.17) is 4.74 Å².